The van der Waals surface area contributed by atoms with E-state index in [-0.39, 0.29) is 31.0 Å². The van der Waals surface area contributed by atoms with Crippen LogP contribution in [0.4, 0.5) is 0 Å². The zero-order valence-electron chi connectivity index (χ0n) is 23.3. The smallest absolute Gasteiger partial charge is 0.255 e. The van der Waals surface area contributed by atoms with Crippen molar-refractivity contribution >= 4 is 29.3 Å². The second-order valence-electron chi connectivity index (χ2n) is 10.3. The Morgan fingerprint density at radius 3 is 2.61 bits per heavy atom. The summed E-state index contributed by atoms with van der Waals surface area (Å²) in [5.74, 6) is -0.966. The number of carbonyl (C=O) groups excluding carboxylic acids is 3. The fraction of sp³-hybridized carbons (Fsp3) is 0.414. The zero-order chi connectivity index (χ0) is 29.2. The van der Waals surface area contributed by atoms with Crippen molar-refractivity contribution < 1.29 is 19.1 Å². The minimum absolute atomic E-state index is 0.146. The third kappa shape index (κ3) is 9.02. The standard InChI is InChI=1S/C29H36ClN7O4/c1-36(2)13-7-6-10-24-29(40)33-25(16-20-8-4-3-5-9-20)28(39)31-18-22-19-37(35-34-22)14-15-41-26-12-11-21(30)17-23(26)27(38)32-24/h3-5,8-9,11-12,17,19,24-25H,6-7,10,13-16,18H2,1-2H3,(H,31,39)(H,32,38)(H,33,40)/t24-,25-/m0/s1. The molecule has 0 unspecified atom stereocenters. The van der Waals surface area contributed by atoms with Crippen LogP contribution in [-0.2, 0) is 29.1 Å². The average molecular weight is 582 g/mol. The quantitative estimate of drug-likeness (QED) is 0.365. The molecule has 1 aromatic heterocycles. The number of aromatic nitrogens is 3. The molecular formula is C29H36ClN7O4. The molecule has 11 nitrogen and oxygen atoms in total. The fourth-order valence-electron chi connectivity index (χ4n) is 4.50. The van der Waals surface area contributed by atoms with Gasteiger partial charge < -0.3 is 25.6 Å². The first-order valence-corrected chi connectivity index (χ1v) is 14.1. The molecule has 12 heteroatoms. The van der Waals surface area contributed by atoms with E-state index in [2.05, 4.69) is 31.2 Å². The first-order chi connectivity index (χ1) is 19.8. The number of fused-ring (bicyclic) bond motifs is 3. The second-order valence-corrected chi connectivity index (χ2v) is 10.7. The summed E-state index contributed by atoms with van der Waals surface area (Å²) < 4.78 is 7.51. The van der Waals surface area contributed by atoms with Crippen LogP contribution in [0.2, 0.25) is 5.02 Å². The molecule has 0 aliphatic carbocycles. The lowest BCUT2D eigenvalue weighted by Gasteiger charge is -2.24. The Bertz CT molecular complexity index is 1330. The minimum atomic E-state index is -0.878. The number of rotatable bonds is 7. The second kappa shape index (κ2) is 14.6. The number of amides is 3. The number of benzene rings is 2. The summed E-state index contributed by atoms with van der Waals surface area (Å²) in [5.41, 5.74) is 1.66. The van der Waals surface area contributed by atoms with Crippen molar-refractivity contribution in [1.29, 1.82) is 0 Å². The summed E-state index contributed by atoms with van der Waals surface area (Å²) in [7, 11) is 3.97. The Balaban J connectivity index is 1.63. The molecule has 2 aromatic carbocycles. The Hall–Kier alpha value is -3.96. The van der Waals surface area contributed by atoms with E-state index in [9.17, 15) is 14.4 Å². The highest BCUT2D eigenvalue weighted by Crippen LogP contribution is 2.23. The molecule has 2 heterocycles. The third-order valence-corrected chi connectivity index (χ3v) is 6.91. The number of carbonyl (C=O) groups is 3. The van der Waals surface area contributed by atoms with Crippen LogP contribution in [0.5, 0.6) is 5.75 Å². The highest BCUT2D eigenvalue weighted by Gasteiger charge is 2.28. The molecule has 2 bridgehead atoms. The summed E-state index contributed by atoms with van der Waals surface area (Å²) >= 11 is 6.23. The van der Waals surface area contributed by atoms with Crippen molar-refractivity contribution in [2.24, 2.45) is 0 Å². The van der Waals surface area contributed by atoms with E-state index in [0.29, 0.717) is 35.9 Å². The minimum Gasteiger partial charge on any atom is -0.491 e. The number of nitrogens with one attached hydrogen (secondary N) is 3. The van der Waals surface area contributed by atoms with E-state index in [1.807, 2.05) is 44.4 Å². The van der Waals surface area contributed by atoms with Gasteiger partial charge in [-0.15, -0.1) is 5.10 Å². The molecule has 41 heavy (non-hydrogen) atoms. The summed E-state index contributed by atoms with van der Waals surface area (Å²) in [4.78, 5) is 42.6. The SMILES string of the molecule is CN(C)CCCC[C@@H]1NC(=O)c2cc(Cl)ccc2OCCn2cc(nn2)CNC(=O)[C@H](Cc2ccccc2)NC1=O. The molecule has 3 N–H and O–H groups in total. The Morgan fingerprint density at radius 2 is 1.83 bits per heavy atom. The average Bonchev–Trinajstić information content (AvgIpc) is 3.41. The van der Waals surface area contributed by atoms with Crippen molar-refractivity contribution in [3.8, 4) is 5.75 Å². The summed E-state index contributed by atoms with van der Waals surface area (Å²) in [6, 6.07) is 12.5. The van der Waals surface area contributed by atoms with Gasteiger partial charge in [-0.2, -0.15) is 0 Å². The Kier molecular flexibility index (Phi) is 10.7. The molecule has 2 atom stereocenters. The van der Waals surface area contributed by atoms with Gasteiger partial charge in [0.15, 0.2) is 0 Å². The molecule has 3 aromatic rings. The summed E-state index contributed by atoms with van der Waals surface area (Å²) in [6.45, 7) is 1.57. The van der Waals surface area contributed by atoms with Crippen LogP contribution < -0.4 is 20.7 Å². The third-order valence-electron chi connectivity index (χ3n) is 6.68. The van der Waals surface area contributed by atoms with Gasteiger partial charge in [-0.3, -0.25) is 14.4 Å². The number of hydrogen-bond donors (Lipinski definition) is 3. The van der Waals surface area contributed by atoms with Crippen LogP contribution in [0.1, 0.15) is 40.9 Å². The zero-order valence-corrected chi connectivity index (χ0v) is 24.1. The molecular weight excluding hydrogens is 546 g/mol. The molecule has 0 spiro atoms. The van der Waals surface area contributed by atoms with Crippen LogP contribution in [0.3, 0.4) is 0 Å². The maximum Gasteiger partial charge on any atom is 0.255 e. The molecule has 0 saturated heterocycles. The molecule has 3 amide bonds. The monoisotopic (exact) mass is 581 g/mol. The van der Waals surface area contributed by atoms with Crippen molar-refractivity contribution in [1.82, 2.24) is 35.8 Å². The van der Waals surface area contributed by atoms with Crippen molar-refractivity contribution in [3.63, 3.8) is 0 Å². The maximum absolute atomic E-state index is 13.7. The largest absolute Gasteiger partial charge is 0.491 e. The van der Waals surface area contributed by atoms with Crippen LogP contribution in [0, 0.1) is 0 Å². The van der Waals surface area contributed by atoms with Gasteiger partial charge in [-0.25, -0.2) is 4.68 Å². The van der Waals surface area contributed by atoms with Gasteiger partial charge in [0.1, 0.15) is 30.1 Å². The molecule has 1 aliphatic rings. The van der Waals surface area contributed by atoms with E-state index in [1.54, 1.807) is 23.0 Å². The van der Waals surface area contributed by atoms with E-state index in [0.717, 1.165) is 18.5 Å². The van der Waals surface area contributed by atoms with Gasteiger partial charge in [-0.1, -0.05) is 47.1 Å². The normalized spacial score (nSPS) is 18.5. The fourth-order valence-corrected chi connectivity index (χ4v) is 4.67. The van der Waals surface area contributed by atoms with Crippen molar-refractivity contribution in [3.05, 3.63) is 76.6 Å². The molecule has 1 aliphatic heterocycles. The lowest BCUT2D eigenvalue weighted by Crippen LogP contribution is -2.54. The van der Waals surface area contributed by atoms with E-state index < -0.39 is 23.9 Å². The molecule has 4 rings (SSSR count). The van der Waals surface area contributed by atoms with Crippen molar-refractivity contribution in [2.45, 2.75) is 50.9 Å². The van der Waals surface area contributed by atoms with Crippen LogP contribution in [-0.4, -0.2) is 76.9 Å². The first kappa shape index (κ1) is 30.0. The van der Waals surface area contributed by atoms with Crippen LogP contribution >= 0.6 is 11.6 Å². The Morgan fingerprint density at radius 1 is 1.02 bits per heavy atom. The Labute approximate surface area is 244 Å². The molecule has 0 saturated carbocycles. The molecule has 0 radical (unpaired) electrons. The molecule has 0 fully saturated rings. The van der Waals surface area contributed by atoms with E-state index >= 15 is 0 Å². The van der Waals surface area contributed by atoms with Gasteiger partial charge in [0.05, 0.1) is 24.8 Å². The summed E-state index contributed by atoms with van der Waals surface area (Å²) in [5, 5.41) is 17.2. The number of hydrogen-bond acceptors (Lipinski definition) is 7. The van der Waals surface area contributed by atoms with Gasteiger partial charge in [0.25, 0.3) is 5.91 Å². The summed E-state index contributed by atoms with van der Waals surface area (Å²) in [6.07, 6.45) is 3.92. The number of unbranched alkanes of at least 4 members (excludes halogenated alkanes) is 1. The predicted molar refractivity (Wildman–Crippen MR) is 155 cm³/mol. The van der Waals surface area contributed by atoms with Gasteiger partial charge in [0.2, 0.25) is 11.8 Å². The molecule has 218 valence electrons. The maximum atomic E-state index is 13.7. The highest BCUT2D eigenvalue weighted by molar-refractivity contribution is 6.31. The van der Waals surface area contributed by atoms with Gasteiger partial charge in [0, 0.05) is 11.4 Å². The predicted octanol–water partition coefficient (Wildman–Crippen LogP) is 2.20. The topological polar surface area (TPSA) is 130 Å². The van der Waals surface area contributed by atoms with Crippen LogP contribution in [0.25, 0.3) is 0 Å². The van der Waals surface area contributed by atoms with Gasteiger partial charge >= 0.3 is 0 Å². The van der Waals surface area contributed by atoms with Crippen LogP contribution in [0.15, 0.2) is 54.7 Å². The number of halogens is 1. The van der Waals surface area contributed by atoms with Gasteiger partial charge in [-0.05, 0) is 63.7 Å². The lowest BCUT2D eigenvalue weighted by atomic mass is 10.0. The van der Waals surface area contributed by atoms with E-state index in [1.165, 1.54) is 6.07 Å². The van der Waals surface area contributed by atoms with Crippen molar-refractivity contribution in [2.75, 3.05) is 27.2 Å². The lowest BCUT2D eigenvalue weighted by molar-refractivity contribution is -0.130. The number of ether oxygens (including phenoxy) is 1. The highest BCUT2D eigenvalue weighted by atomic mass is 35.5. The van der Waals surface area contributed by atoms with E-state index in [4.69, 9.17) is 16.3 Å². The number of nitrogens with zero attached hydrogens (tertiary/aromatic N) is 4. The first-order valence-electron chi connectivity index (χ1n) is 13.7.